The van der Waals surface area contributed by atoms with Gasteiger partial charge in [-0.1, -0.05) is 50.5 Å². The number of benzene rings is 2. The molecule has 1 atom stereocenters. The fourth-order valence-electron chi connectivity index (χ4n) is 4.89. The van der Waals surface area contributed by atoms with Crippen LogP contribution in [0.4, 0.5) is 4.79 Å². The lowest BCUT2D eigenvalue weighted by Gasteiger charge is -2.32. The third-order valence-electron chi connectivity index (χ3n) is 6.94. The summed E-state index contributed by atoms with van der Waals surface area (Å²) >= 11 is 0. The Labute approximate surface area is 208 Å². The molecule has 0 unspecified atom stereocenters. The number of nitrogens with one attached hydrogen (secondary N) is 3. The second-order valence-corrected chi connectivity index (χ2v) is 9.70. The smallest absolute Gasteiger partial charge is 0.317 e. The van der Waals surface area contributed by atoms with Crippen molar-refractivity contribution in [1.82, 2.24) is 20.5 Å². The molecule has 2 amide bonds. The lowest BCUT2D eigenvalue weighted by molar-refractivity contribution is 0.104. The average molecular weight is 481 g/mol. The lowest BCUT2D eigenvalue weighted by atomic mass is 9.97. The number of likely N-dealkylation sites (tertiary alicyclic amines) is 1. The minimum absolute atomic E-state index is 0.0747. The number of para-hydroxylation sites is 1. The normalized spacial score (nSPS) is 15.5. The Hall–Kier alpha value is -2.77. The molecule has 7 heteroatoms. The first-order valence-electron chi connectivity index (χ1n) is 13.2. The summed E-state index contributed by atoms with van der Waals surface area (Å²) in [6.45, 7) is 6.14. The van der Waals surface area contributed by atoms with Crippen LogP contribution >= 0.6 is 0 Å². The minimum atomic E-state index is -0.589. The molecule has 0 radical (unpaired) electrons. The zero-order valence-corrected chi connectivity index (χ0v) is 20.9. The Bertz CT molecular complexity index is 1070. The van der Waals surface area contributed by atoms with Gasteiger partial charge < -0.3 is 30.4 Å². The second kappa shape index (κ2) is 12.8. The zero-order valence-electron chi connectivity index (χ0n) is 20.9. The third-order valence-corrected chi connectivity index (χ3v) is 6.94. The molecule has 1 aliphatic rings. The van der Waals surface area contributed by atoms with E-state index >= 15 is 0 Å². The maximum Gasteiger partial charge on any atom is 0.317 e. The van der Waals surface area contributed by atoms with Gasteiger partial charge in [0, 0.05) is 42.5 Å². The molecular weight excluding hydrogens is 440 g/mol. The Balaban J connectivity index is 1.14. The van der Waals surface area contributed by atoms with Crippen molar-refractivity contribution >= 4 is 27.8 Å². The summed E-state index contributed by atoms with van der Waals surface area (Å²) in [5, 5.41) is 19.1. The van der Waals surface area contributed by atoms with E-state index in [2.05, 4.69) is 34.7 Å². The number of ether oxygens (including phenoxy) is 1. The van der Waals surface area contributed by atoms with Gasteiger partial charge in [-0.05, 0) is 49.9 Å². The number of urea groups is 1. The van der Waals surface area contributed by atoms with Crippen molar-refractivity contribution in [2.45, 2.75) is 51.6 Å². The summed E-state index contributed by atoms with van der Waals surface area (Å²) < 4.78 is 6.02. The molecule has 1 saturated heterocycles. The molecule has 2 aromatic carbocycles. The zero-order chi connectivity index (χ0) is 24.5. The first kappa shape index (κ1) is 25.3. The second-order valence-electron chi connectivity index (χ2n) is 9.70. The largest absolute Gasteiger partial charge is 0.490 e. The highest BCUT2D eigenvalue weighted by Crippen LogP contribution is 2.33. The highest BCUT2D eigenvalue weighted by molar-refractivity contribution is 6.10. The molecule has 1 fully saturated rings. The van der Waals surface area contributed by atoms with E-state index in [1.807, 2.05) is 35.2 Å². The topological polar surface area (TPSA) is 89.6 Å². The number of piperidine rings is 1. The summed E-state index contributed by atoms with van der Waals surface area (Å²) in [6.07, 6.45) is 6.07. The van der Waals surface area contributed by atoms with Crippen LogP contribution in [0.5, 0.6) is 5.75 Å². The summed E-state index contributed by atoms with van der Waals surface area (Å²) in [6, 6.07) is 14.2. The molecule has 0 aliphatic carbocycles. The van der Waals surface area contributed by atoms with Crippen LogP contribution in [-0.4, -0.2) is 66.5 Å². The molecule has 35 heavy (non-hydrogen) atoms. The predicted octanol–water partition coefficient (Wildman–Crippen LogP) is 4.65. The molecule has 1 aromatic heterocycles. The molecule has 190 valence electrons. The molecule has 4 N–H and O–H groups in total. The number of rotatable bonds is 12. The Morgan fingerprint density at radius 1 is 1.11 bits per heavy atom. The van der Waals surface area contributed by atoms with Crippen molar-refractivity contribution in [3.05, 3.63) is 42.5 Å². The quantitative estimate of drug-likeness (QED) is 0.284. The molecule has 0 bridgehead atoms. The van der Waals surface area contributed by atoms with Crippen LogP contribution in [0.25, 0.3) is 21.8 Å². The Morgan fingerprint density at radius 2 is 1.91 bits per heavy atom. The lowest BCUT2D eigenvalue weighted by Crippen LogP contribution is -2.46. The van der Waals surface area contributed by atoms with E-state index in [4.69, 9.17) is 4.74 Å². The van der Waals surface area contributed by atoms with E-state index in [-0.39, 0.29) is 12.6 Å². The molecule has 3 aromatic rings. The molecule has 2 heterocycles. The molecule has 1 aliphatic heterocycles. The fourth-order valence-corrected chi connectivity index (χ4v) is 4.89. The number of unbranched alkanes of at least 4 members (excludes halogenated alkanes) is 3. The van der Waals surface area contributed by atoms with E-state index in [0.29, 0.717) is 12.5 Å². The van der Waals surface area contributed by atoms with Crippen molar-refractivity contribution in [3.8, 4) is 5.75 Å². The van der Waals surface area contributed by atoms with E-state index < -0.39 is 6.10 Å². The van der Waals surface area contributed by atoms with Crippen LogP contribution in [0, 0.1) is 5.92 Å². The van der Waals surface area contributed by atoms with Gasteiger partial charge in [-0.2, -0.15) is 0 Å². The number of carbonyl (C=O) groups excluding carboxylic acids is 1. The van der Waals surface area contributed by atoms with Crippen LogP contribution in [0.3, 0.4) is 0 Å². The number of fused-ring (bicyclic) bond motifs is 3. The van der Waals surface area contributed by atoms with E-state index in [1.54, 1.807) is 0 Å². The summed E-state index contributed by atoms with van der Waals surface area (Å²) in [5.74, 6) is 1.31. The van der Waals surface area contributed by atoms with Gasteiger partial charge in [-0.15, -0.1) is 0 Å². The number of amides is 2. The molecular formula is C28H40N4O3. The van der Waals surface area contributed by atoms with Crippen molar-refractivity contribution in [1.29, 1.82) is 0 Å². The van der Waals surface area contributed by atoms with Crippen molar-refractivity contribution in [2.75, 3.05) is 39.3 Å². The van der Waals surface area contributed by atoms with Crippen molar-refractivity contribution < 1.29 is 14.6 Å². The highest BCUT2D eigenvalue weighted by atomic mass is 16.5. The van der Waals surface area contributed by atoms with Crippen LogP contribution in [-0.2, 0) is 0 Å². The van der Waals surface area contributed by atoms with Crippen LogP contribution in [0.2, 0.25) is 0 Å². The predicted molar refractivity (Wildman–Crippen MR) is 142 cm³/mol. The molecule has 0 spiro atoms. The first-order valence-corrected chi connectivity index (χ1v) is 13.2. The van der Waals surface area contributed by atoms with Gasteiger partial charge >= 0.3 is 6.03 Å². The van der Waals surface area contributed by atoms with Gasteiger partial charge in [0.1, 0.15) is 18.5 Å². The number of aliphatic hydroxyl groups excluding tert-OH is 1. The van der Waals surface area contributed by atoms with Crippen LogP contribution in [0.15, 0.2) is 42.5 Å². The van der Waals surface area contributed by atoms with Crippen LogP contribution < -0.4 is 15.4 Å². The van der Waals surface area contributed by atoms with Gasteiger partial charge in [-0.25, -0.2) is 4.79 Å². The van der Waals surface area contributed by atoms with Gasteiger partial charge in [0.25, 0.3) is 0 Å². The monoisotopic (exact) mass is 480 g/mol. The average Bonchev–Trinajstić information content (AvgIpc) is 3.27. The fraction of sp³-hybridized carbons (Fsp3) is 0.536. The van der Waals surface area contributed by atoms with Crippen molar-refractivity contribution in [2.24, 2.45) is 5.92 Å². The summed E-state index contributed by atoms with van der Waals surface area (Å²) in [4.78, 5) is 17.7. The number of H-pyrrole nitrogens is 1. The van der Waals surface area contributed by atoms with Gasteiger partial charge in [0.15, 0.2) is 0 Å². The number of aliphatic hydroxyl groups is 1. The number of nitrogens with zero attached hydrogens (tertiary/aromatic N) is 1. The number of hydrogen-bond acceptors (Lipinski definition) is 4. The minimum Gasteiger partial charge on any atom is -0.490 e. The van der Waals surface area contributed by atoms with Gasteiger partial charge in [0.05, 0.1) is 5.52 Å². The van der Waals surface area contributed by atoms with Gasteiger partial charge in [0.2, 0.25) is 0 Å². The van der Waals surface area contributed by atoms with E-state index in [0.717, 1.165) is 73.0 Å². The highest BCUT2D eigenvalue weighted by Gasteiger charge is 2.22. The summed E-state index contributed by atoms with van der Waals surface area (Å²) in [7, 11) is 0. The van der Waals surface area contributed by atoms with Crippen molar-refractivity contribution in [3.63, 3.8) is 0 Å². The Morgan fingerprint density at radius 3 is 2.74 bits per heavy atom. The standard InChI is InChI=1S/C28H40N4O3/c1-2-3-4-7-15-30-28(34)32-16-13-21(14-17-32)18-29-19-22(33)20-35-26-12-8-11-25-27(26)23-9-5-6-10-24(23)31-25/h5-6,8-12,21-22,29,31,33H,2-4,7,13-20H2,1H3,(H,30,34)/t22-/m0/s1. The Kier molecular flexibility index (Phi) is 9.26. The van der Waals surface area contributed by atoms with Gasteiger partial charge in [-0.3, -0.25) is 0 Å². The molecule has 0 saturated carbocycles. The molecule has 7 nitrogen and oxygen atoms in total. The molecule has 4 rings (SSSR count). The van der Waals surface area contributed by atoms with Crippen LogP contribution in [0.1, 0.15) is 45.4 Å². The SMILES string of the molecule is CCCCCCNC(=O)N1CCC(CNC[C@H](O)COc2cccc3[nH]c4ccccc4c23)CC1. The van der Waals surface area contributed by atoms with E-state index in [9.17, 15) is 9.90 Å². The van der Waals surface area contributed by atoms with E-state index in [1.165, 1.54) is 19.3 Å². The third kappa shape index (κ3) is 6.89. The number of hydrogen-bond donors (Lipinski definition) is 4. The number of carbonyl (C=O) groups is 1. The first-order chi connectivity index (χ1) is 17.2. The maximum atomic E-state index is 12.3. The maximum absolute atomic E-state index is 12.3. The number of aromatic nitrogens is 1. The summed E-state index contributed by atoms with van der Waals surface area (Å²) in [5.41, 5.74) is 2.11. The number of aromatic amines is 1.